The number of hydrogen-bond acceptors (Lipinski definition) is 4. The van der Waals surface area contributed by atoms with Crippen LogP contribution in [0.4, 0.5) is 5.69 Å². The third-order valence-electron chi connectivity index (χ3n) is 2.82. The zero-order valence-corrected chi connectivity index (χ0v) is 13.5. The molecule has 0 fully saturated rings. The van der Waals surface area contributed by atoms with Crippen molar-refractivity contribution in [2.75, 3.05) is 18.5 Å². The van der Waals surface area contributed by atoms with E-state index in [4.69, 9.17) is 9.15 Å². The van der Waals surface area contributed by atoms with Crippen molar-refractivity contribution < 1.29 is 13.9 Å². The van der Waals surface area contributed by atoms with Crippen molar-refractivity contribution >= 4 is 24.0 Å². The average Bonchev–Trinajstić information content (AvgIpc) is 2.99. The van der Waals surface area contributed by atoms with Crippen LogP contribution in [0.3, 0.4) is 0 Å². The van der Waals surface area contributed by atoms with Crippen LogP contribution in [0, 0.1) is 0 Å². The molecule has 1 amide bonds. The van der Waals surface area contributed by atoms with Gasteiger partial charge in [-0.05, 0) is 30.3 Å². The van der Waals surface area contributed by atoms with Crippen molar-refractivity contribution in [3.05, 3.63) is 48.4 Å². The van der Waals surface area contributed by atoms with Crippen LogP contribution in [-0.4, -0.2) is 25.1 Å². The Labute approximate surface area is 136 Å². The molecule has 0 aliphatic carbocycles. The molecule has 6 heteroatoms. The van der Waals surface area contributed by atoms with Gasteiger partial charge in [-0.2, -0.15) is 0 Å². The summed E-state index contributed by atoms with van der Waals surface area (Å²) in [5.41, 5.74) is 1.21. The SMILES string of the molecule is CC(C)NCCOc1ccc(NC(=O)c2ccoc2)cc1.Cl. The van der Waals surface area contributed by atoms with E-state index in [-0.39, 0.29) is 18.3 Å². The predicted molar refractivity (Wildman–Crippen MR) is 89.0 cm³/mol. The van der Waals surface area contributed by atoms with Gasteiger partial charge in [-0.25, -0.2) is 0 Å². The number of nitrogens with one attached hydrogen (secondary N) is 2. The van der Waals surface area contributed by atoms with Crippen LogP contribution < -0.4 is 15.4 Å². The Morgan fingerprint density at radius 3 is 2.55 bits per heavy atom. The van der Waals surface area contributed by atoms with Gasteiger partial charge < -0.3 is 19.8 Å². The summed E-state index contributed by atoms with van der Waals surface area (Å²) in [5.74, 6) is 0.584. The molecule has 0 saturated carbocycles. The highest BCUT2D eigenvalue weighted by Gasteiger charge is 2.06. The third-order valence-corrected chi connectivity index (χ3v) is 2.82. The number of rotatable bonds is 7. The second kappa shape index (κ2) is 9.12. The second-order valence-electron chi connectivity index (χ2n) is 4.95. The monoisotopic (exact) mass is 324 g/mol. The number of carbonyl (C=O) groups excluding carboxylic acids is 1. The molecule has 0 aliphatic heterocycles. The van der Waals surface area contributed by atoms with Gasteiger partial charge in [0, 0.05) is 18.3 Å². The van der Waals surface area contributed by atoms with E-state index in [2.05, 4.69) is 24.5 Å². The summed E-state index contributed by atoms with van der Waals surface area (Å²) in [4.78, 5) is 11.8. The van der Waals surface area contributed by atoms with Gasteiger partial charge in [0.15, 0.2) is 0 Å². The summed E-state index contributed by atoms with van der Waals surface area (Å²) in [5, 5.41) is 6.06. The van der Waals surface area contributed by atoms with Crippen molar-refractivity contribution in [2.45, 2.75) is 19.9 Å². The maximum absolute atomic E-state index is 11.8. The molecule has 0 unspecified atom stereocenters. The highest BCUT2D eigenvalue weighted by Crippen LogP contribution is 2.16. The van der Waals surface area contributed by atoms with Crippen molar-refractivity contribution in [3.8, 4) is 5.75 Å². The first kappa shape index (κ1) is 18.1. The fraction of sp³-hybridized carbons (Fsp3) is 0.312. The van der Waals surface area contributed by atoms with Crippen LogP contribution in [0.5, 0.6) is 5.75 Å². The Morgan fingerprint density at radius 1 is 1.23 bits per heavy atom. The fourth-order valence-electron chi connectivity index (χ4n) is 1.75. The standard InChI is InChI=1S/C16H20N2O3.ClH/c1-12(2)17-8-10-21-15-5-3-14(4-6-15)18-16(19)13-7-9-20-11-13;/h3-7,9,11-12,17H,8,10H2,1-2H3,(H,18,19);1H. The van der Waals surface area contributed by atoms with Crippen LogP contribution in [0.1, 0.15) is 24.2 Å². The Kier molecular flexibility index (Phi) is 7.49. The predicted octanol–water partition coefficient (Wildman–Crippen LogP) is 3.33. The molecule has 1 heterocycles. The summed E-state index contributed by atoms with van der Waals surface area (Å²) in [6.07, 6.45) is 2.88. The lowest BCUT2D eigenvalue weighted by Gasteiger charge is -2.10. The first-order valence-corrected chi connectivity index (χ1v) is 6.95. The topological polar surface area (TPSA) is 63.5 Å². The van der Waals surface area contributed by atoms with Gasteiger partial charge in [-0.3, -0.25) is 4.79 Å². The number of anilines is 1. The number of carbonyl (C=O) groups is 1. The van der Waals surface area contributed by atoms with E-state index < -0.39 is 0 Å². The van der Waals surface area contributed by atoms with E-state index in [1.54, 1.807) is 6.07 Å². The number of hydrogen-bond donors (Lipinski definition) is 2. The summed E-state index contributed by atoms with van der Waals surface area (Å²) < 4.78 is 10.5. The maximum Gasteiger partial charge on any atom is 0.258 e. The van der Waals surface area contributed by atoms with E-state index in [1.807, 2.05) is 24.3 Å². The first-order chi connectivity index (χ1) is 10.1. The third kappa shape index (κ3) is 5.79. The van der Waals surface area contributed by atoms with Gasteiger partial charge in [0.05, 0.1) is 11.8 Å². The number of ether oxygens (including phenoxy) is 1. The molecular formula is C16H21ClN2O3. The zero-order chi connectivity index (χ0) is 15.1. The van der Waals surface area contributed by atoms with Gasteiger partial charge in [0.2, 0.25) is 0 Å². The quantitative estimate of drug-likeness (QED) is 0.767. The lowest BCUT2D eigenvalue weighted by molar-refractivity contribution is 0.102. The lowest BCUT2D eigenvalue weighted by Crippen LogP contribution is -2.27. The largest absolute Gasteiger partial charge is 0.492 e. The molecule has 0 saturated heterocycles. The second-order valence-corrected chi connectivity index (χ2v) is 4.95. The molecule has 1 aromatic carbocycles. The summed E-state index contributed by atoms with van der Waals surface area (Å²) >= 11 is 0. The molecule has 1 aromatic heterocycles. The molecule has 0 atom stereocenters. The number of amides is 1. The summed E-state index contributed by atoms with van der Waals surface area (Å²) in [6.45, 7) is 5.60. The zero-order valence-electron chi connectivity index (χ0n) is 12.7. The molecule has 5 nitrogen and oxygen atoms in total. The lowest BCUT2D eigenvalue weighted by atomic mass is 10.2. The smallest absolute Gasteiger partial charge is 0.258 e. The maximum atomic E-state index is 11.8. The van der Waals surface area contributed by atoms with Crippen LogP contribution in [0.25, 0.3) is 0 Å². The van der Waals surface area contributed by atoms with Crippen molar-refractivity contribution in [1.29, 1.82) is 0 Å². The Hall–Kier alpha value is -1.98. The Balaban J connectivity index is 0.00000242. The molecule has 0 radical (unpaired) electrons. The molecule has 0 spiro atoms. The van der Waals surface area contributed by atoms with Crippen LogP contribution in [0.15, 0.2) is 47.3 Å². The molecule has 0 bridgehead atoms. The molecular weight excluding hydrogens is 304 g/mol. The van der Waals surface area contributed by atoms with Crippen LogP contribution in [0.2, 0.25) is 0 Å². The number of benzene rings is 1. The van der Waals surface area contributed by atoms with Crippen molar-refractivity contribution in [2.24, 2.45) is 0 Å². The molecule has 120 valence electrons. The van der Waals surface area contributed by atoms with Gasteiger partial charge in [0.1, 0.15) is 18.6 Å². The molecule has 22 heavy (non-hydrogen) atoms. The molecule has 2 aromatic rings. The summed E-state index contributed by atoms with van der Waals surface area (Å²) in [6, 6.07) is 9.36. The minimum Gasteiger partial charge on any atom is -0.492 e. The van der Waals surface area contributed by atoms with Crippen molar-refractivity contribution in [1.82, 2.24) is 5.32 Å². The minimum atomic E-state index is -0.196. The van der Waals surface area contributed by atoms with Crippen molar-refractivity contribution in [3.63, 3.8) is 0 Å². The molecule has 0 aliphatic rings. The van der Waals surface area contributed by atoms with Gasteiger partial charge >= 0.3 is 0 Å². The van der Waals surface area contributed by atoms with Gasteiger partial charge in [0.25, 0.3) is 5.91 Å². The van der Waals surface area contributed by atoms with E-state index in [1.165, 1.54) is 12.5 Å². The number of halogens is 1. The highest BCUT2D eigenvalue weighted by atomic mass is 35.5. The van der Waals surface area contributed by atoms with Gasteiger partial charge in [-0.1, -0.05) is 13.8 Å². The fourth-order valence-corrected chi connectivity index (χ4v) is 1.75. The van der Waals surface area contributed by atoms with Crippen LogP contribution in [-0.2, 0) is 0 Å². The number of furan rings is 1. The normalized spacial score (nSPS) is 10.1. The average molecular weight is 325 g/mol. The minimum absolute atomic E-state index is 0. The first-order valence-electron chi connectivity index (χ1n) is 6.95. The van der Waals surface area contributed by atoms with E-state index in [9.17, 15) is 4.79 Å². The van der Waals surface area contributed by atoms with E-state index >= 15 is 0 Å². The van der Waals surface area contributed by atoms with E-state index in [0.717, 1.165) is 12.3 Å². The Bertz CT molecular complexity index is 553. The molecule has 2 rings (SSSR count). The molecule has 2 N–H and O–H groups in total. The Morgan fingerprint density at radius 2 is 1.95 bits per heavy atom. The summed E-state index contributed by atoms with van der Waals surface area (Å²) in [7, 11) is 0. The highest BCUT2D eigenvalue weighted by molar-refractivity contribution is 6.03. The van der Waals surface area contributed by atoms with Crippen LogP contribution >= 0.6 is 12.4 Å². The van der Waals surface area contributed by atoms with E-state index in [0.29, 0.717) is 23.9 Å². The van der Waals surface area contributed by atoms with Gasteiger partial charge in [-0.15, -0.1) is 12.4 Å².